The van der Waals surface area contributed by atoms with Crippen molar-refractivity contribution in [2.75, 3.05) is 5.73 Å². The number of nitrogen functional groups attached to an aromatic ring is 1. The lowest BCUT2D eigenvalue weighted by molar-refractivity contribution is 0.108. The normalized spacial score (nSPS) is 26.5. The molecule has 0 unspecified atom stereocenters. The van der Waals surface area contributed by atoms with Crippen molar-refractivity contribution >= 4 is 5.69 Å². The summed E-state index contributed by atoms with van der Waals surface area (Å²) in [6.07, 6.45) is 6.72. The maximum atomic E-state index is 9.41. The van der Waals surface area contributed by atoms with Gasteiger partial charge in [0, 0.05) is 6.20 Å². The van der Waals surface area contributed by atoms with Crippen LogP contribution in [0.1, 0.15) is 31.4 Å². The topological polar surface area (TPSA) is 59.1 Å². The zero-order chi connectivity index (χ0) is 10.7. The second-order valence-electron chi connectivity index (χ2n) is 4.42. The van der Waals surface area contributed by atoms with E-state index >= 15 is 0 Å². The van der Waals surface area contributed by atoms with Crippen molar-refractivity contribution in [3.05, 3.63) is 24.0 Å². The molecule has 0 atom stereocenters. The number of hydrogen-bond acceptors (Lipinski definition) is 3. The Kier molecular flexibility index (Phi) is 3.21. The van der Waals surface area contributed by atoms with Crippen LogP contribution in [0, 0.1) is 5.92 Å². The monoisotopic (exact) mass is 206 g/mol. The first-order valence-corrected chi connectivity index (χ1v) is 5.63. The van der Waals surface area contributed by atoms with Gasteiger partial charge in [0.25, 0.3) is 0 Å². The molecule has 15 heavy (non-hydrogen) atoms. The molecule has 0 saturated heterocycles. The van der Waals surface area contributed by atoms with Crippen LogP contribution in [0.3, 0.4) is 0 Å². The first-order chi connectivity index (χ1) is 7.25. The first kappa shape index (κ1) is 10.4. The summed E-state index contributed by atoms with van der Waals surface area (Å²) in [7, 11) is 0. The number of nitrogens with two attached hydrogens (primary N) is 1. The number of hydrogen-bond donors (Lipinski definition) is 2. The fourth-order valence-corrected chi connectivity index (χ4v) is 2.24. The van der Waals surface area contributed by atoms with Crippen molar-refractivity contribution in [3.8, 4) is 0 Å². The molecule has 0 aromatic carbocycles. The summed E-state index contributed by atoms with van der Waals surface area (Å²) in [4.78, 5) is 4.30. The first-order valence-electron chi connectivity index (χ1n) is 5.63. The molecule has 0 aliphatic heterocycles. The van der Waals surface area contributed by atoms with Gasteiger partial charge in [-0.25, -0.2) is 0 Å². The SMILES string of the molecule is Nc1cccnc1C[C@H]1CC[C@H](O)CC1. The van der Waals surface area contributed by atoms with E-state index in [1.54, 1.807) is 6.20 Å². The predicted octanol–water partition coefficient (Wildman–Crippen LogP) is 1.76. The average Bonchev–Trinajstić information content (AvgIpc) is 2.25. The summed E-state index contributed by atoms with van der Waals surface area (Å²) in [5, 5.41) is 9.41. The van der Waals surface area contributed by atoms with Crippen molar-refractivity contribution in [1.29, 1.82) is 0 Å². The van der Waals surface area contributed by atoms with Crippen LogP contribution in [-0.4, -0.2) is 16.2 Å². The number of pyridine rings is 1. The molecule has 1 aromatic heterocycles. The van der Waals surface area contributed by atoms with E-state index in [1.807, 2.05) is 12.1 Å². The highest BCUT2D eigenvalue weighted by Crippen LogP contribution is 2.27. The molecule has 1 saturated carbocycles. The Morgan fingerprint density at radius 1 is 1.33 bits per heavy atom. The van der Waals surface area contributed by atoms with Crippen molar-refractivity contribution < 1.29 is 5.11 Å². The summed E-state index contributed by atoms with van der Waals surface area (Å²) in [6.45, 7) is 0. The van der Waals surface area contributed by atoms with E-state index in [0.717, 1.165) is 43.5 Å². The third kappa shape index (κ3) is 2.69. The van der Waals surface area contributed by atoms with Gasteiger partial charge in [0.1, 0.15) is 0 Å². The van der Waals surface area contributed by atoms with Crippen molar-refractivity contribution in [1.82, 2.24) is 4.98 Å². The Bertz CT molecular complexity index is 319. The Labute approximate surface area is 90.3 Å². The van der Waals surface area contributed by atoms with Crippen LogP contribution in [0.25, 0.3) is 0 Å². The molecular weight excluding hydrogens is 188 g/mol. The van der Waals surface area contributed by atoms with Crippen LogP contribution >= 0.6 is 0 Å². The van der Waals surface area contributed by atoms with Gasteiger partial charge in [-0.3, -0.25) is 4.98 Å². The molecule has 82 valence electrons. The highest BCUT2D eigenvalue weighted by Gasteiger charge is 2.20. The van der Waals surface area contributed by atoms with E-state index in [4.69, 9.17) is 5.73 Å². The van der Waals surface area contributed by atoms with Crippen LogP contribution in [0.2, 0.25) is 0 Å². The third-order valence-electron chi connectivity index (χ3n) is 3.22. The van der Waals surface area contributed by atoms with Crippen molar-refractivity contribution in [2.45, 2.75) is 38.2 Å². The summed E-state index contributed by atoms with van der Waals surface area (Å²) in [5.41, 5.74) is 7.66. The summed E-state index contributed by atoms with van der Waals surface area (Å²) in [5.74, 6) is 0.644. The van der Waals surface area contributed by atoms with Crippen LogP contribution in [0.4, 0.5) is 5.69 Å². The van der Waals surface area contributed by atoms with Crippen LogP contribution in [-0.2, 0) is 6.42 Å². The molecule has 1 aliphatic rings. The number of rotatable bonds is 2. The predicted molar refractivity (Wildman–Crippen MR) is 60.3 cm³/mol. The molecule has 1 aromatic rings. The summed E-state index contributed by atoms with van der Waals surface area (Å²) in [6, 6.07) is 3.77. The van der Waals surface area contributed by atoms with Crippen LogP contribution in [0.15, 0.2) is 18.3 Å². The van der Waals surface area contributed by atoms with E-state index in [2.05, 4.69) is 4.98 Å². The van der Waals surface area contributed by atoms with Gasteiger partial charge < -0.3 is 10.8 Å². The Balaban J connectivity index is 1.95. The number of aliphatic hydroxyl groups is 1. The van der Waals surface area contributed by atoms with E-state index in [0.29, 0.717) is 5.92 Å². The zero-order valence-corrected chi connectivity index (χ0v) is 8.89. The largest absolute Gasteiger partial charge is 0.397 e. The highest BCUT2D eigenvalue weighted by atomic mass is 16.3. The Morgan fingerprint density at radius 3 is 2.73 bits per heavy atom. The van der Waals surface area contributed by atoms with Gasteiger partial charge in [0.15, 0.2) is 0 Å². The molecule has 1 fully saturated rings. The maximum Gasteiger partial charge on any atom is 0.0635 e. The zero-order valence-electron chi connectivity index (χ0n) is 8.89. The Hall–Kier alpha value is -1.09. The fourth-order valence-electron chi connectivity index (χ4n) is 2.24. The minimum absolute atomic E-state index is 0.0812. The maximum absolute atomic E-state index is 9.41. The lowest BCUT2D eigenvalue weighted by Crippen LogP contribution is -2.20. The molecule has 0 spiro atoms. The van der Waals surface area contributed by atoms with E-state index in [-0.39, 0.29) is 6.10 Å². The van der Waals surface area contributed by atoms with Crippen LogP contribution < -0.4 is 5.73 Å². The number of anilines is 1. The van der Waals surface area contributed by atoms with Crippen molar-refractivity contribution in [2.24, 2.45) is 5.92 Å². The lowest BCUT2D eigenvalue weighted by Gasteiger charge is -2.25. The lowest BCUT2D eigenvalue weighted by atomic mass is 9.84. The molecule has 2 rings (SSSR count). The van der Waals surface area contributed by atoms with E-state index < -0.39 is 0 Å². The van der Waals surface area contributed by atoms with E-state index in [9.17, 15) is 5.11 Å². The summed E-state index contributed by atoms with van der Waals surface area (Å²) >= 11 is 0. The molecular formula is C12H18N2O. The molecule has 0 amide bonds. The van der Waals surface area contributed by atoms with Gasteiger partial charge >= 0.3 is 0 Å². The second-order valence-corrected chi connectivity index (χ2v) is 4.42. The summed E-state index contributed by atoms with van der Waals surface area (Å²) < 4.78 is 0. The fraction of sp³-hybridized carbons (Fsp3) is 0.583. The second kappa shape index (κ2) is 4.62. The quantitative estimate of drug-likeness (QED) is 0.775. The highest BCUT2D eigenvalue weighted by molar-refractivity contribution is 5.42. The van der Waals surface area contributed by atoms with Crippen LogP contribution in [0.5, 0.6) is 0 Å². The van der Waals surface area contributed by atoms with Gasteiger partial charge in [-0.2, -0.15) is 0 Å². The number of nitrogens with zero attached hydrogens (tertiary/aromatic N) is 1. The molecule has 3 heteroatoms. The minimum atomic E-state index is -0.0812. The van der Waals surface area contributed by atoms with E-state index in [1.165, 1.54) is 0 Å². The molecule has 0 bridgehead atoms. The molecule has 1 heterocycles. The minimum Gasteiger partial charge on any atom is -0.397 e. The van der Waals surface area contributed by atoms with Gasteiger partial charge in [-0.15, -0.1) is 0 Å². The standard InChI is InChI=1S/C12H18N2O/c13-11-2-1-7-14-12(11)8-9-3-5-10(15)6-4-9/h1-2,7,9-10,15H,3-6,8,13H2/t9-,10-. The van der Waals surface area contributed by atoms with Gasteiger partial charge in [-0.1, -0.05) is 0 Å². The smallest absolute Gasteiger partial charge is 0.0635 e. The van der Waals surface area contributed by atoms with Gasteiger partial charge in [-0.05, 0) is 50.2 Å². The van der Waals surface area contributed by atoms with Gasteiger partial charge in [0.05, 0.1) is 17.5 Å². The third-order valence-corrected chi connectivity index (χ3v) is 3.22. The molecule has 1 aliphatic carbocycles. The number of aliphatic hydroxyl groups excluding tert-OH is 1. The van der Waals surface area contributed by atoms with Crippen molar-refractivity contribution in [3.63, 3.8) is 0 Å². The Morgan fingerprint density at radius 2 is 2.07 bits per heavy atom. The van der Waals surface area contributed by atoms with Gasteiger partial charge in [0.2, 0.25) is 0 Å². The number of aromatic nitrogens is 1. The molecule has 0 radical (unpaired) electrons. The average molecular weight is 206 g/mol. The molecule has 3 nitrogen and oxygen atoms in total. The molecule has 3 N–H and O–H groups in total.